The van der Waals surface area contributed by atoms with E-state index in [1.807, 2.05) is 0 Å². The molecule has 1 aromatic heterocycles. The summed E-state index contributed by atoms with van der Waals surface area (Å²) in [4.78, 5) is 3.32. The third-order valence-corrected chi connectivity index (χ3v) is 5.18. The van der Waals surface area contributed by atoms with Crippen molar-refractivity contribution in [2.75, 3.05) is 0 Å². The lowest BCUT2D eigenvalue weighted by Gasteiger charge is -2.24. The van der Waals surface area contributed by atoms with Crippen LogP contribution >= 0.6 is 0 Å². The molecule has 4 rings (SSSR count). The lowest BCUT2D eigenvalue weighted by atomic mass is 9.93. The number of unbranched alkanes of at least 4 members (excludes halogenated alkanes) is 1. The fourth-order valence-electron chi connectivity index (χ4n) is 3.85. The van der Waals surface area contributed by atoms with Crippen LogP contribution in [0.5, 0.6) is 0 Å². The molecule has 0 saturated heterocycles. The number of H-pyrrole nitrogens is 1. The molecule has 0 fully saturated rings. The first kappa shape index (κ1) is 16.3. The van der Waals surface area contributed by atoms with E-state index in [-0.39, 0.29) is 11.6 Å². The van der Waals surface area contributed by atoms with Gasteiger partial charge in [-0.2, -0.15) is 0 Å². The summed E-state index contributed by atoms with van der Waals surface area (Å²) in [6.45, 7) is 2.93. The Morgan fingerprint density at radius 2 is 1.88 bits per heavy atom. The number of fused-ring (bicyclic) bond motifs is 3. The Labute approximate surface area is 146 Å². The smallest absolute Gasteiger partial charge is 0.147 e. The number of benzene rings is 2. The molecule has 0 saturated carbocycles. The number of nitrogens with one attached hydrogen (secondary N) is 2. The van der Waals surface area contributed by atoms with E-state index in [2.05, 4.69) is 17.2 Å². The number of aromatic nitrogens is 1. The van der Waals surface area contributed by atoms with Gasteiger partial charge in [-0.05, 0) is 41.3 Å². The number of aromatic amines is 1. The molecule has 3 aromatic rings. The maximum Gasteiger partial charge on any atom is 0.147 e. The minimum atomic E-state index is -0.265. The lowest BCUT2D eigenvalue weighted by Crippen LogP contribution is -2.35. The van der Waals surface area contributed by atoms with E-state index in [0.29, 0.717) is 11.6 Å². The first-order valence-electron chi connectivity index (χ1n) is 8.98. The van der Waals surface area contributed by atoms with Crippen molar-refractivity contribution in [2.45, 2.75) is 45.2 Å². The SMILES string of the molecule is CCCCC1Cc2[nH]c3c(F)ccc(-c4ccc(F)cc4)c3c2CN1. The molecule has 4 heteroatoms. The highest BCUT2D eigenvalue weighted by Crippen LogP contribution is 2.36. The average Bonchev–Trinajstić information content (AvgIpc) is 3.01. The van der Waals surface area contributed by atoms with Crippen LogP contribution in [0.1, 0.15) is 37.4 Å². The second-order valence-corrected chi connectivity index (χ2v) is 6.86. The molecule has 0 amide bonds. The van der Waals surface area contributed by atoms with E-state index < -0.39 is 0 Å². The highest BCUT2D eigenvalue weighted by atomic mass is 19.1. The quantitative estimate of drug-likeness (QED) is 0.661. The normalized spacial score (nSPS) is 17.0. The molecule has 1 atom stereocenters. The molecule has 130 valence electrons. The Kier molecular flexibility index (Phi) is 4.30. The molecular weight excluding hydrogens is 318 g/mol. The summed E-state index contributed by atoms with van der Waals surface area (Å²) in [7, 11) is 0. The third-order valence-electron chi connectivity index (χ3n) is 5.18. The molecule has 2 heterocycles. The summed E-state index contributed by atoms with van der Waals surface area (Å²) >= 11 is 0. The van der Waals surface area contributed by atoms with Crippen molar-refractivity contribution < 1.29 is 8.78 Å². The Morgan fingerprint density at radius 1 is 1.08 bits per heavy atom. The maximum atomic E-state index is 14.4. The van der Waals surface area contributed by atoms with Gasteiger partial charge >= 0.3 is 0 Å². The van der Waals surface area contributed by atoms with Gasteiger partial charge in [-0.1, -0.05) is 38.0 Å². The van der Waals surface area contributed by atoms with E-state index in [1.54, 1.807) is 18.2 Å². The molecule has 0 radical (unpaired) electrons. The van der Waals surface area contributed by atoms with Crippen LogP contribution in [0.25, 0.3) is 22.0 Å². The van der Waals surface area contributed by atoms with Gasteiger partial charge in [0.2, 0.25) is 0 Å². The van der Waals surface area contributed by atoms with Gasteiger partial charge in [0.25, 0.3) is 0 Å². The van der Waals surface area contributed by atoms with Crippen molar-refractivity contribution in [2.24, 2.45) is 0 Å². The fourth-order valence-corrected chi connectivity index (χ4v) is 3.85. The largest absolute Gasteiger partial charge is 0.356 e. The number of halogens is 2. The van der Waals surface area contributed by atoms with Gasteiger partial charge in [-0.3, -0.25) is 0 Å². The van der Waals surface area contributed by atoms with Crippen molar-refractivity contribution in [3.05, 3.63) is 59.3 Å². The standard InChI is InChI=1S/C21H22F2N2/c1-2-3-4-15-11-19-17(12-24-15)20-16(9-10-18(23)21(20)25-19)13-5-7-14(22)8-6-13/h5-10,15,24-25H,2-4,11-12H2,1H3. The van der Waals surface area contributed by atoms with Gasteiger partial charge in [0.15, 0.2) is 0 Å². The van der Waals surface area contributed by atoms with Crippen molar-refractivity contribution in [1.29, 1.82) is 0 Å². The van der Waals surface area contributed by atoms with Crippen LogP contribution in [-0.4, -0.2) is 11.0 Å². The zero-order valence-electron chi connectivity index (χ0n) is 14.3. The lowest BCUT2D eigenvalue weighted by molar-refractivity contribution is 0.437. The Morgan fingerprint density at radius 3 is 2.64 bits per heavy atom. The van der Waals surface area contributed by atoms with Crippen LogP contribution in [0.2, 0.25) is 0 Å². The molecule has 0 bridgehead atoms. The molecule has 1 unspecified atom stereocenters. The summed E-state index contributed by atoms with van der Waals surface area (Å²) in [6.07, 6.45) is 4.41. The minimum Gasteiger partial charge on any atom is -0.356 e. The fraction of sp³-hybridized carbons (Fsp3) is 0.333. The highest BCUT2D eigenvalue weighted by molar-refractivity contribution is 5.99. The zero-order chi connectivity index (χ0) is 17.4. The summed E-state index contributed by atoms with van der Waals surface area (Å²) < 4.78 is 27.7. The molecule has 25 heavy (non-hydrogen) atoms. The van der Waals surface area contributed by atoms with Crippen LogP contribution in [0.4, 0.5) is 8.78 Å². The molecule has 2 nitrogen and oxygen atoms in total. The predicted molar refractivity (Wildman–Crippen MR) is 97.5 cm³/mol. The van der Waals surface area contributed by atoms with E-state index in [9.17, 15) is 8.78 Å². The molecule has 0 aliphatic carbocycles. The van der Waals surface area contributed by atoms with Gasteiger partial charge in [0.1, 0.15) is 11.6 Å². The number of rotatable bonds is 4. The van der Waals surface area contributed by atoms with Crippen LogP contribution in [0.15, 0.2) is 36.4 Å². The van der Waals surface area contributed by atoms with Crippen LogP contribution in [0, 0.1) is 11.6 Å². The Bertz CT molecular complexity index is 896. The molecule has 2 N–H and O–H groups in total. The van der Waals surface area contributed by atoms with Crippen LogP contribution in [0.3, 0.4) is 0 Å². The van der Waals surface area contributed by atoms with Gasteiger partial charge in [-0.25, -0.2) is 8.78 Å². The van der Waals surface area contributed by atoms with E-state index in [4.69, 9.17) is 0 Å². The second kappa shape index (κ2) is 6.60. The number of hydrogen-bond acceptors (Lipinski definition) is 1. The van der Waals surface area contributed by atoms with E-state index in [1.165, 1.54) is 31.0 Å². The monoisotopic (exact) mass is 340 g/mol. The maximum absolute atomic E-state index is 14.4. The van der Waals surface area contributed by atoms with Gasteiger partial charge < -0.3 is 10.3 Å². The average molecular weight is 340 g/mol. The summed E-state index contributed by atoms with van der Waals surface area (Å²) in [5.41, 5.74) is 4.68. The summed E-state index contributed by atoms with van der Waals surface area (Å²) in [6, 6.07) is 10.1. The first-order valence-corrected chi connectivity index (χ1v) is 8.98. The molecule has 2 aromatic carbocycles. The summed E-state index contributed by atoms with van der Waals surface area (Å²) in [5.74, 6) is -0.501. The van der Waals surface area contributed by atoms with Gasteiger partial charge in [0, 0.05) is 30.1 Å². The zero-order valence-corrected chi connectivity index (χ0v) is 14.3. The topological polar surface area (TPSA) is 27.8 Å². The highest BCUT2D eigenvalue weighted by Gasteiger charge is 2.24. The van der Waals surface area contributed by atoms with Crippen LogP contribution < -0.4 is 5.32 Å². The van der Waals surface area contributed by atoms with Crippen molar-refractivity contribution in [1.82, 2.24) is 10.3 Å². The first-order chi connectivity index (χ1) is 12.2. The minimum absolute atomic E-state index is 0.236. The second-order valence-electron chi connectivity index (χ2n) is 6.86. The van der Waals surface area contributed by atoms with E-state index >= 15 is 0 Å². The summed E-state index contributed by atoms with van der Waals surface area (Å²) in [5, 5.41) is 4.51. The van der Waals surface area contributed by atoms with E-state index in [0.717, 1.165) is 47.2 Å². The van der Waals surface area contributed by atoms with Crippen molar-refractivity contribution in [3.63, 3.8) is 0 Å². The van der Waals surface area contributed by atoms with Gasteiger partial charge in [0.05, 0.1) is 5.52 Å². The Balaban J connectivity index is 1.81. The molecule has 1 aliphatic rings. The van der Waals surface area contributed by atoms with Crippen molar-refractivity contribution >= 4 is 10.9 Å². The predicted octanol–water partition coefficient (Wildman–Crippen LogP) is 5.32. The third kappa shape index (κ3) is 2.95. The van der Waals surface area contributed by atoms with Gasteiger partial charge in [-0.15, -0.1) is 0 Å². The molecule has 1 aliphatic heterocycles. The van der Waals surface area contributed by atoms with Crippen LogP contribution in [-0.2, 0) is 13.0 Å². The molecular formula is C21H22F2N2. The number of hydrogen-bond donors (Lipinski definition) is 2. The molecule has 0 spiro atoms. The van der Waals surface area contributed by atoms with Crippen molar-refractivity contribution in [3.8, 4) is 11.1 Å². The Hall–Kier alpha value is -2.20.